The highest BCUT2D eigenvalue weighted by Crippen LogP contribution is 2.06. The van der Waals surface area contributed by atoms with E-state index in [0.29, 0.717) is 0 Å². The SMILES string of the molecule is [2H]CCN(C(=O)OCc1ccccc1)[C@@H](C)C(=O)O. The molecule has 1 aromatic rings. The monoisotopic (exact) mass is 252 g/mol. The Balaban J connectivity index is 2.60. The third-order valence-electron chi connectivity index (χ3n) is 2.51. The first-order valence-electron chi connectivity index (χ1n) is 6.26. The van der Waals surface area contributed by atoms with E-state index in [1.165, 1.54) is 6.92 Å². The summed E-state index contributed by atoms with van der Waals surface area (Å²) in [5.74, 6) is -1.12. The van der Waals surface area contributed by atoms with Crippen molar-refractivity contribution in [1.82, 2.24) is 4.90 Å². The van der Waals surface area contributed by atoms with E-state index in [2.05, 4.69) is 0 Å². The van der Waals surface area contributed by atoms with E-state index in [1.54, 1.807) is 0 Å². The maximum Gasteiger partial charge on any atom is 0.410 e. The van der Waals surface area contributed by atoms with Crippen LogP contribution in [0.5, 0.6) is 0 Å². The molecule has 0 bridgehead atoms. The van der Waals surface area contributed by atoms with Gasteiger partial charge in [-0.2, -0.15) is 0 Å². The lowest BCUT2D eigenvalue weighted by Gasteiger charge is -2.24. The van der Waals surface area contributed by atoms with Crippen LogP contribution in [0.15, 0.2) is 30.3 Å². The van der Waals surface area contributed by atoms with Crippen LogP contribution in [0.1, 0.15) is 20.8 Å². The lowest BCUT2D eigenvalue weighted by atomic mass is 10.2. The second-order valence-corrected chi connectivity index (χ2v) is 3.75. The summed E-state index contributed by atoms with van der Waals surface area (Å²) in [5.41, 5.74) is 0.824. The molecule has 0 aromatic heterocycles. The predicted octanol–water partition coefficient (Wildman–Crippen LogP) is 2.12. The standard InChI is InChI=1S/C13H17NO4/c1-3-14(10(2)12(15)16)13(17)18-9-11-7-5-4-6-8-11/h4-8,10H,3,9H2,1-2H3,(H,15,16)/t10-/m0/s1/i1D. The predicted molar refractivity (Wildman–Crippen MR) is 66.1 cm³/mol. The Morgan fingerprint density at radius 2 is 2.11 bits per heavy atom. The number of carbonyl (C=O) groups excluding carboxylic acids is 1. The molecule has 0 aliphatic heterocycles. The van der Waals surface area contributed by atoms with Crippen molar-refractivity contribution < 1.29 is 20.8 Å². The van der Waals surface area contributed by atoms with E-state index in [9.17, 15) is 9.59 Å². The summed E-state index contributed by atoms with van der Waals surface area (Å²) in [5, 5.41) is 8.90. The fourth-order valence-electron chi connectivity index (χ4n) is 1.38. The number of aliphatic carboxylic acids is 1. The minimum Gasteiger partial charge on any atom is -0.480 e. The smallest absolute Gasteiger partial charge is 0.410 e. The molecule has 0 unspecified atom stereocenters. The van der Waals surface area contributed by atoms with Gasteiger partial charge < -0.3 is 9.84 Å². The second kappa shape index (κ2) is 6.64. The van der Waals surface area contributed by atoms with E-state index >= 15 is 0 Å². The molecule has 0 spiro atoms. The van der Waals surface area contributed by atoms with Gasteiger partial charge in [0.2, 0.25) is 0 Å². The number of nitrogens with zero attached hydrogens (tertiary/aromatic N) is 1. The zero-order chi connectivity index (χ0) is 14.3. The highest BCUT2D eigenvalue weighted by atomic mass is 16.6. The fraction of sp³-hybridized carbons (Fsp3) is 0.385. The lowest BCUT2D eigenvalue weighted by Crippen LogP contribution is -2.43. The normalized spacial score (nSPS) is 12.4. The Kier molecular flexibility index (Phi) is 4.58. The average Bonchev–Trinajstić information content (AvgIpc) is 2.42. The van der Waals surface area contributed by atoms with Gasteiger partial charge >= 0.3 is 12.1 Å². The zero-order valence-electron chi connectivity index (χ0n) is 11.2. The number of carbonyl (C=O) groups is 2. The molecule has 0 aliphatic carbocycles. The maximum absolute atomic E-state index is 11.8. The Bertz CT molecular complexity index is 424. The van der Waals surface area contributed by atoms with Gasteiger partial charge in [-0.25, -0.2) is 9.59 Å². The van der Waals surface area contributed by atoms with Crippen molar-refractivity contribution in [3.63, 3.8) is 0 Å². The Hall–Kier alpha value is -2.04. The molecule has 0 saturated heterocycles. The molecule has 98 valence electrons. The second-order valence-electron chi connectivity index (χ2n) is 3.75. The zero-order valence-corrected chi connectivity index (χ0v) is 10.2. The van der Waals surface area contributed by atoms with Gasteiger partial charge in [-0.3, -0.25) is 4.90 Å². The van der Waals surface area contributed by atoms with E-state index in [1.807, 2.05) is 30.3 Å². The first kappa shape index (κ1) is 12.4. The molecule has 1 rings (SSSR count). The number of likely N-dealkylation sites (N-methyl/N-ethyl adjacent to an activating group) is 1. The quantitative estimate of drug-likeness (QED) is 0.871. The Morgan fingerprint density at radius 1 is 1.44 bits per heavy atom. The number of carboxylic acids is 1. The van der Waals surface area contributed by atoms with Gasteiger partial charge in [0, 0.05) is 7.92 Å². The van der Waals surface area contributed by atoms with Gasteiger partial charge in [-0.1, -0.05) is 30.3 Å². The molecule has 0 aliphatic rings. The van der Waals surface area contributed by atoms with Crippen LogP contribution in [0.3, 0.4) is 0 Å². The average molecular weight is 252 g/mol. The van der Waals surface area contributed by atoms with E-state index in [0.717, 1.165) is 10.5 Å². The Labute approximate surface area is 107 Å². The van der Waals surface area contributed by atoms with Crippen LogP contribution >= 0.6 is 0 Å². The molecule has 1 N–H and O–H groups in total. The third kappa shape index (κ3) is 3.76. The van der Waals surface area contributed by atoms with Crippen molar-refractivity contribution in [3.8, 4) is 0 Å². The van der Waals surface area contributed by atoms with Crippen LogP contribution in [-0.2, 0) is 16.1 Å². The molecule has 0 saturated carbocycles. The lowest BCUT2D eigenvalue weighted by molar-refractivity contribution is -0.142. The van der Waals surface area contributed by atoms with Crippen molar-refractivity contribution in [2.45, 2.75) is 26.5 Å². The molecular formula is C13H17NO4. The van der Waals surface area contributed by atoms with Crippen molar-refractivity contribution in [1.29, 1.82) is 0 Å². The van der Waals surface area contributed by atoms with Gasteiger partial charge in [-0.05, 0) is 19.4 Å². The van der Waals surface area contributed by atoms with Crippen LogP contribution < -0.4 is 0 Å². The van der Waals surface area contributed by atoms with Crippen LogP contribution in [0.2, 0.25) is 0 Å². The summed E-state index contributed by atoms with van der Waals surface area (Å²) in [4.78, 5) is 23.7. The minimum absolute atomic E-state index is 0.0289. The summed E-state index contributed by atoms with van der Waals surface area (Å²) in [6.07, 6.45) is -0.717. The topological polar surface area (TPSA) is 66.8 Å². The van der Waals surface area contributed by atoms with Gasteiger partial charge in [0.25, 0.3) is 0 Å². The van der Waals surface area contributed by atoms with Crippen molar-refractivity contribution in [2.75, 3.05) is 6.54 Å². The van der Waals surface area contributed by atoms with Gasteiger partial charge in [0.15, 0.2) is 0 Å². The highest BCUT2D eigenvalue weighted by molar-refractivity contribution is 5.79. The Morgan fingerprint density at radius 3 is 2.67 bits per heavy atom. The number of hydrogen-bond acceptors (Lipinski definition) is 3. The number of ether oxygens (including phenoxy) is 1. The molecule has 0 heterocycles. The van der Waals surface area contributed by atoms with Gasteiger partial charge in [0.1, 0.15) is 12.6 Å². The number of carboxylic acid groups (broad SMARTS) is 1. The van der Waals surface area contributed by atoms with Crippen LogP contribution in [0.4, 0.5) is 4.79 Å². The summed E-state index contributed by atoms with van der Waals surface area (Å²) in [6, 6.07) is 8.11. The van der Waals surface area contributed by atoms with Gasteiger partial charge in [0.05, 0.1) is 0 Å². The molecular weight excluding hydrogens is 234 g/mol. The highest BCUT2D eigenvalue weighted by Gasteiger charge is 2.25. The molecule has 18 heavy (non-hydrogen) atoms. The number of benzene rings is 1. The summed E-state index contributed by atoms with van der Waals surface area (Å²) < 4.78 is 12.2. The molecule has 0 radical (unpaired) electrons. The summed E-state index contributed by atoms with van der Waals surface area (Å²) in [7, 11) is 0. The third-order valence-corrected chi connectivity index (χ3v) is 2.51. The van der Waals surface area contributed by atoms with Gasteiger partial charge in [-0.15, -0.1) is 0 Å². The molecule has 1 amide bonds. The molecule has 0 fully saturated rings. The summed E-state index contributed by atoms with van der Waals surface area (Å²) in [6.45, 7) is 1.43. The fourth-order valence-corrected chi connectivity index (χ4v) is 1.38. The number of hydrogen-bond donors (Lipinski definition) is 1. The molecule has 5 heteroatoms. The molecule has 5 nitrogen and oxygen atoms in total. The van der Waals surface area contributed by atoms with Crippen LogP contribution in [0, 0.1) is 0 Å². The first-order chi connectivity index (χ1) is 9.06. The maximum atomic E-state index is 11.8. The molecule has 1 atom stereocenters. The largest absolute Gasteiger partial charge is 0.480 e. The van der Waals surface area contributed by atoms with E-state index in [4.69, 9.17) is 11.2 Å². The van der Waals surface area contributed by atoms with Crippen LogP contribution in [-0.4, -0.2) is 34.7 Å². The summed E-state index contributed by atoms with van der Waals surface area (Å²) >= 11 is 0. The van der Waals surface area contributed by atoms with Crippen molar-refractivity contribution in [3.05, 3.63) is 35.9 Å². The first-order valence-corrected chi connectivity index (χ1v) is 5.55. The van der Waals surface area contributed by atoms with E-state index < -0.39 is 18.1 Å². The minimum atomic E-state index is -1.12. The number of amides is 1. The number of rotatable bonds is 5. The van der Waals surface area contributed by atoms with Crippen LogP contribution in [0.25, 0.3) is 0 Å². The molecule has 1 aromatic carbocycles. The van der Waals surface area contributed by atoms with E-state index in [-0.39, 0.29) is 20.1 Å². The van der Waals surface area contributed by atoms with Crippen molar-refractivity contribution >= 4 is 12.1 Å². The van der Waals surface area contributed by atoms with Crippen molar-refractivity contribution in [2.24, 2.45) is 0 Å².